The average molecular weight is 277 g/mol. The lowest BCUT2D eigenvalue weighted by molar-refractivity contribution is -0.142. The van der Waals surface area contributed by atoms with Crippen molar-refractivity contribution >= 4 is 23.4 Å². The molecule has 0 amide bonds. The van der Waals surface area contributed by atoms with Gasteiger partial charge in [-0.2, -0.15) is 0 Å². The lowest BCUT2D eigenvalue weighted by Crippen LogP contribution is -2.07. The van der Waals surface area contributed by atoms with Crippen LogP contribution in [0, 0.1) is 4.91 Å². The number of ether oxygens (including phenoxy) is 1. The van der Waals surface area contributed by atoms with Gasteiger partial charge in [-0.05, 0) is 24.2 Å². The zero-order valence-electron chi connectivity index (χ0n) is 10.6. The molecule has 0 aliphatic rings. The van der Waals surface area contributed by atoms with E-state index in [1.807, 2.05) is 0 Å². The third-order valence-electron chi connectivity index (χ3n) is 2.62. The van der Waals surface area contributed by atoms with Crippen LogP contribution in [0.3, 0.4) is 0 Å². The number of aromatic nitrogens is 2. The van der Waals surface area contributed by atoms with Gasteiger partial charge in [-0.1, -0.05) is 0 Å². The summed E-state index contributed by atoms with van der Waals surface area (Å²) in [6.07, 6.45) is 1.18. The second-order valence-corrected chi connectivity index (χ2v) is 3.90. The Labute approximate surface area is 113 Å². The smallest absolute Gasteiger partial charge is 0.335 e. The van der Waals surface area contributed by atoms with Crippen molar-refractivity contribution in [1.82, 2.24) is 9.38 Å². The lowest BCUT2D eigenvalue weighted by atomic mass is 10.3. The standard InChI is InChI=1S/C12H11N3O5/c1-2-20-10(16)6-8-11(14-19)15-4-3-7(12(17)18)5-9(15)13-8/h3-5H,2,6H2,1H3,(H,17,18). The number of carbonyl (C=O) groups is 2. The van der Waals surface area contributed by atoms with Gasteiger partial charge in [0.15, 0.2) is 0 Å². The summed E-state index contributed by atoms with van der Waals surface area (Å²) in [5.74, 6) is -1.67. The molecule has 0 fully saturated rings. The van der Waals surface area contributed by atoms with Crippen LogP contribution in [0.2, 0.25) is 0 Å². The molecule has 0 spiro atoms. The minimum atomic E-state index is -1.11. The summed E-state index contributed by atoms with van der Waals surface area (Å²) in [7, 11) is 0. The normalized spacial score (nSPS) is 10.4. The molecule has 0 bridgehead atoms. The molecule has 8 heteroatoms. The first kappa shape index (κ1) is 13.7. The highest BCUT2D eigenvalue weighted by Crippen LogP contribution is 2.22. The van der Waals surface area contributed by atoms with Crippen LogP contribution in [-0.4, -0.2) is 33.0 Å². The van der Waals surface area contributed by atoms with Crippen molar-refractivity contribution < 1.29 is 19.4 Å². The Hall–Kier alpha value is -2.77. The summed E-state index contributed by atoms with van der Waals surface area (Å²) in [4.78, 5) is 37.2. The van der Waals surface area contributed by atoms with Gasteiger partial charge < -0.3 is 9.84 Å². The van der Waals surface area contributed by atoms with Gasteiger partial charge in [-0.3, -0.25) is 9.20 Å². The minimum Gasteiger partial charge on any atom is -0.478 e. The number of imidazole rings is 1. The number of aromatic carboxylic acids is 1. The van der Waals surface area contributed by atoms with Crippen LogP contribution in [0.25, 0.3) is 5.65 Å². The monoisotopic (exact) mass is 277 g/mol. The number of hydrogen-bond acceptors (Lipinski definition) is 6. The van der Waals surface area contributed by atoms with E-state index in [2.05, 4.69) is 10.2 Å². The van der Waals surface area contributed by atoms with Gasteiger partial charge in [0.1, 0.15) is 11.3 Å². The Bertz CT molecular complexity index is 692. The molecule has 0 aromatic carbocycles. The Morgan fingerprint density at radius 2 is 2.25 bits per heavy atom. The molecule has 2 heterocycles. The molecule has 0 aliphatic heterocycles. The van der Waals surface area contributed by atoms with E-state index in [4.69, 9.17) is 9.84 Å². The van der Waals surface area contributed by atoms with Crippen molar-refractivity contribution in [1.29, 1.82) is 0 Å². The van der Waals surface area contributed by atoms with E-state index >= 15 is 0 Å². The van der Waals surface area contributed by atoms with E-state index in [0.29, 0.717) is 0 Å². The van der Waals surface area contributed by atoms with Crippen LogP contribution in [-0.2, 0) is 16.0 Å². The Morgan fingerprint density at radius 1 is 1.50 bits per heavy atom. The van der Waals surface area contributed by atoms with E-state index in [1.54, 1.807) is 6.92 Å². The molecular formula is C12H11N3O5. The molecule has 0 saturated carbocycles. The summed E-state index contributed by atoms with van der Waals surface area (Å²) >= 11 is 0. The van der Waals surface area contributed by atoms with Gasteiger partial charge in [0.25, 0.3) is 0 Å². The largest absolute Gasteiger partial charge is 0.478 e. The maximum absolute atomic E-state index is 11.4. The summed E-state index contributed by atoms with van der Waals surface area (Å²) in [6.45, 7) is 1.89. The van der Waals surface area contributed by atoms with Crippen LogP contribution in [0.5, 0.6) is 0 Å². The summed E-state index contributed by atoms with van der Waals surface area (Å²) in [6, 6.07) is 2.62. The number of pyridine rings is 1. The molecule has 2 rings (SSSR count). The highest BCUT2D eigenvalue weighted by Gasteiger charge is 2.17. The number of nitroso groups, excluding NO2 is 1. The van der Waals surface area contributed by atoms with Crippen molar-refractivity contribution in [3.05, 3.63) is 34.5 Å². The van der Waals surface area contributed by atoms with Crippen LogP contribution in [0.15, 0.2) is 23.5 Å². The molecule has 104 valence electrons. The first-order valence-electron chi connectivity index (χ1n) is 5.80. The van der Waals surface area contributed by atoms with Gasteiger partial charge in [-0.25, -0.2) is 9.78 Å². The lowest BCUT2D eigenvalue weighted by Gasteiger charge is -1.99. The van der Waals surface area contributed by atoms with Crippen molar-refractivity contribution in [2.75, 3.05) is 6.61 Å². The Balaban J connectivity index is 2.47. The number of hydrogen-bond donors (Lipinski definition) is 1. The van der Waals surface area contributed by atoms with E-state index in [1.165, 1.54) is 22.7 Å². The molecule has 1 N–H and O–H groups in total. The quantitative estimate of drug-likeness (QED) is 0.655. The Kier molecular flexibility index (Phi) is 3.74. The molecule has 0 atom stereocenters. The molecule has 2 aromatic rings. The van der Waals surface area contributed by atoms with Gasteiger partial charge in [0.2, 0.25) is 5.82 Å². The first-order chi connectivity index (χ1) is 9.56. The molecule has 0 radical (unpaired) electrons. The SMILES string of the molecule is CCOC(=O)Cc1nc2cc(C(=O)O)ccn2c1N=O. The highest BCUT2D eigenvalue weighted by atomic mass is 16.5. The molecule has 2 aromatic heterocycles. The fraction of sp³-hybridized carbons (Fsp3) is 0.250. The number of carboxylic acid groups (broad SMARTS) is 1. The third-order valence-corrected chi connectivity index (χ3v) is 2.62. The van der Waals surface area contributed by atoms with Crippen LogP contribution in [0.4, 0.5) is 5.82 Å². The number of nitrogens with zero attached hydrogens (tertiary/aromatic N) is 3. The second-order valence-electron chi connectivity index (χ2n) is 3.90. The van der Waals surface area contributed by atoms with Crippen molar-refractivity contribution in [3.8, 4) is 0 Å². The molecule has 0 unspecified atom stereocenters. The number of rotatable bonds is 5. The fourth-order valence-electron chi connectivity index (χ4n) is 1.78. The van der Waals surface area contributed by atoms with E-state index < -0.39 is 11.9 Å². The van der Waals surface area contributed by atoms with E-state index in [-0.39, 0.29) is 35.8 Å². The molecule has 8 nitrogen and oxygen atoms in total. The third kappa shape index (κ3) is 2.48. The number of fused-ring (bicyclic) bond motifs is 1. The number of carboxylic acids is 1. The van der Waals surface area contributed by atoms with Crippen molar-refractivity contribution in [3.63, 3.8) is 0 Å². The fourth-order valence-corrected chi connectivity index (χ4v) is 1.78. The summed E-state index contributed by atoms with van der Waals surface area (Å²) in [5.41, 5.74) is 0.419. The second kappa shape index (κ2) is 5.47. The molecular weight excluding hydrogens is 266 g/mol. The van der Waals surface area contributed by atoms with Gasteiger partial charge in [0, 0.05) is 6.20 Å². The van der Waals surface area contributed by atoms with Crippen molar-refractivity contribution in [2.24, 2.45) is 5.18 Å². The van der Waals surface area contributed by atoms with Crippen LogP contribution in [0.1, 0.15) is 23.0 Å². The number of carbonyl (C=O) groups excluding carboxylic acids is 1. The molecule has 0 aliphatic carbocycles. The minimum absolute atomic E-state index is 0.0302. The highest BCUT2D eigenvalue weighted by molar-refractivity contribution is 5.89. The first-order valence-corrected chi connectivity index (χ1v) is 5.80. The van der Waals surface area contributed by atoms with E-state index in [0.717, 1.165) is 0 Å². The zero-order chi connectivity index (χ0) is 14.7. The number of esters is 1. The topological polar surface area (TPSA) is 110 Å². The maximum Gasteiger partial charge on any atom is 0.335 e. The summed E-state index contributed by atoms with van der Waals surface area (Å²) in [5, 5.41) is 11.7. The Morgan fingerprint density at radius 3 is 2.85 bits per heavy atom. The van der Waals surface area contributed by atoms with E-state index in [9.17, 15) is 14.5 Å². The van der Waals surface area contributed by atoms with Crippen LogP contribution >= 0.6 is 0 Å². The predicted octanol–water partition coefficient (Wildman–Crippen LogP) is 1.54. The predicted molar refractivity (Wildman–Crippen MR) is 67.9 cm³/mol. The molecule has 20 heavy (non-hydrogen) atoms. The van der Waals surface area contributed by atoms with Crippen LogP contribution < -0.4 is 0 Å². The molecule has 0 saturated heterocycles. The van der Waals surface area contributed by atoms with Gasteiger partial charge >= 0.3 is 11.9 Å². The van der Waals surface area contributed by atoms with Gasteiger partial charge in [0.05, 0.1) is 18.6 Å². The zero-order valence-corrected chi connectivity index (χ0v) is 10.6. The van der Waals surface area contributed by atoms with Gasteiger partial charge in [-0.15, -0.1) is 4.91 Å². The average Bonchev–Trinajstić information content (AvgIpc) is 2.74. The van der Waals surface area contributed by atoms with Crippen molar-refractivity contribution in [2.45, 2.75) is 13.3 Å². The maximum atomic E-state index is 11.4. The summed E-state index contributed by atoms with van der Waals surface area (Å²) < 4.78 is 6.10.